The molecule has 0 spiro atoms. The van der Waals surface area contributed by atoms with Gasteiger partial charge in [-0.15, -0.1) is 0 Å². The van der Waals surface area contributed by atoms with Crippen molar-refractivity contribution in [2.75, 3.05) is 32.1 Å². The van der Waals surface area contributed by atoms with Crippen LogP contribution in [0.25, 0.3) is 0 Å². The van der Waals surface area contributed by atoms with Gasteiger partial charge in [0.25, 0.3) is 0 Å². The maximum Gasteiger partial charge on any atom is 0.234 e. The number of benzene rings is 1. The van der Waals surface area contributed by atoms with E-state index in [4.69, 9.17) is 4.74 Å². The molecule has 1 aromatic rings. The Morgan fingerprint density at radius 1 is 1.55 bits per heavy atom. The Morgan fingerprint density at radius 3 is 2.95 bits per heavy atom. The predicted octanol–water partition coefficient (Wildman–Crippen LogP) is 1.52. The first kappa shape index (κ1) is 14.8. The molecule has 110 valence electrons. The molecule has 0 saturated carbocycles. The molecule has 3 N–H and O–H groups in total. The second-order valence-electron chi connectivity index (χ2n) is 5.30. The molecular weight excluding hydrogens is 256 g/mol. The molecule has 1 aromatic carbocycles. The Balaban J connectivity index is 2.18. The third-order valence-corrected chi connectivity index (χ3v) is 3.86. The average molecular weight is 278 g/mol. The highest BCUT2D eigenvalue weighted by molar-refractivity contribution is 5.97. The van der Waals surface area contributed by atoms with E-state index in [2.05, 4.69) is 10.6 Å². The number of hydrogen-bond donors (Lipinski definition) is 3. The van der Waals surface area contributed by atoms with E-state index in [1.54, 1.807) is 13.2 Å². The van der Waals surface area contributed by atoms with Crippen LogP contribution in [0.1, 0.15) is 18.9 Å². The molecule has 1 amide bonds. The fraction of sp³-hybridized carbons (Fsp3) is 0.533. The van der Waals surface area contributed by atoms with Gasteiger partial charge in [-0.25, -0.2) is 0 Å². The van der Waals surface area contributed by atoms with Gasteiger partial charge in [0.1, 0.15) is 5.75 Å². The Hall–Kier alpha value is -1.59. The Bertz CT molecular complexity index is 482. The molecule has 1 aliphatic rings. The van der Waals surface area contributed by atoms with E-state index in [0.29, 0.717) is 18.8 Å². The van der Waals surface area contributed by atoms with Crippen molar-refractivity contribution in [2.24, 2.45) is 5.41 Å². The summed E-state index contributed by atoms with van der Waals surface area (Å²) in [5.41, 5.74) is 0.990. The van der Waals surface area contributed by atoms with Crippen LogP contribution in [0.4, 0.5) is 5.69 Å². The quantitative estimate of drug-likeness (QED) is 0.714. The number of aromatic hydroxyl groups is 1. The first-order valence-electron chi connectivity index (χ1n) is 6.94. The molecule has 0 aliphatic carbocycles. The number of methoxy groups -OCH3 is 1. The number of ether oxygens (including phenoxy) is 1. The van der Waals surface area contributed by atoms with Gasteiger partial charge in [0.05, 0.1) is 17.7 Å². The van der Waals surface area contributed by atoms with Crippen molar-refractivity contribution in [2.45, 2.75) is 19.8 Å². The Labute approximate surface area is 119 Å². The summed E-state index contributed by atoms with van der Waals surface area (Å²) in [6.07, 6.45) is 1.59. The summed E-state index contributed by atoms with van der Waals surface area (Å²) in [6.45, 7) is 3.81. The summed E-state index contributed by atoms with van der Waals surface area (Å²) in [5.74, 6) is -0.0121. The zero-order valence-electron chi connectivity index (χ0n) is 12.0. The minimum absolute atomic E-state index is 0.0917. The van der Waals surface area contributed by atoms with Crippen molar-refractivity contribution in [1.29, 1.82) is 0 Å². The second-order valence-corrected chi connectivity index (χ2v) is 5.30. The Morgan fingerprint density at radius 2 is 2.35 bits per heavy atom. The number of anilines is 1. The van der Waals surface area contributed by atoms with E-state index in [0.717, 1.165) is 24.9 Å². The van der Waals surface area contributed by atoms with E-state index in [-0.39, 0.29) is 11.7 Å². The van der Waals surface area contributed by atoms with E-state index in [1.807, 2.05) is 19.1 Å². The standard InChI is InChI=1S/C15H22N2O3/c1-3-11-4-5-13(18)12(8-11)17-14(19)15(10-20-2)6-7-16-9-15/h4-5,8,16,18H,3,6-7,9-10H2,1-2H3,(H,17,19). The lowest BCUT2D eigenvalue weighted by Crippen LogP contribution is -2.41. The molecule has 1 heterocycles. The van der Waals surface area contributed by atoms with Crippen molar-refractivity contribution in [3.63, 3.8) is 0 Å². The summed E-state index contributed by atoms with van der Waals surface area (Å²) in [6, 6.07) is 5.29. The molecule has 2 rings (SSSR count). The lowest BCUT2D eigenvalue weighted by molar-refractivity contribution is -0.127. The highest BCUT2D eigenvalue weighted by atomic mass is 16.5. The van der Waals surface area contributed by atoms with Crippen LogP contribution < -0.4 is 10.6 Å². The molecule has 0 bridgehead atoms. The van der Waals surface area contributed by atoms with Crippen molar-refractivity contribution in [3.8, 4) is 5.75 Å². The lowest BCUT2D eigenvalue weighted by atomic mass is 9.87. The summed E-state index contributed by atoms with van der Waals surface area (Å²) >= 11 is 0. The van der Waals surface area contributed by atoms with Crippen LogP contribution in [0.15, 0.2) is 18.2 Å². The summed E-state index contributed by atoms with van der Waals surface area (Å²) < 4.78 is 5.20. The number of phenolic OH excluding ortho intramolecular Hbond substituents is 1. The monoisotopic (exact) mass is 278 g/mol. The maximum absolute atomic E-state index is 12.5. The second kappa shape index (κ2) is 6.24. The van der Waals surface area contributed by atoms with Gasteiger partial charge < -0.3 is 20.5 Å². The normalized spacial score (nSPS) is 21.9. The van der Waals surface area contributed by atoms with Gasteiger partial charge in [-0.1, -0.05) is 13.0 Å². The zero-order valence-corrected chi connectivity index (χ0v) is 12.0. The molecule has 20 heavy (non-hydrogen) atoms. The van der Waals surface area contributed by atoms with Gasteiger partial charge in [-0.05, 0) is 37.1 Å². The number of nitrogens with one attached hydrogen (secondary N) is 2. The maximum atomic E-state index is 12.5. The molecule has 1 saturated heterocycles. The van der Waals surface area contributed by atoms with Crippen LogP contribution in [0.3, 0.4) is 0 Å². The number of rotatable bonds is 5. The van der Waals surface area contributed by atoms with Crippen LogP contribution in [-0.2, 0) is 16.0 Å². The van der Waals surface area contributed by atoms with E-state index in [9.17, 15) is 9.90 Å². The van der Waals surface area contributed by atoms with E-state index >= 15 is 0 Å². The predicted molar refractivity (Wildman–Crippen MR) is 77.9 cm³/mol. The van der Waals surface area contributed by atoms with Gasteiger partial charge in [0.2, 0.25) is 5.91 Å². The van der Waals surface area contributed by atoms with Crippen LogP contribution in [0, 0.1) is 5.41 Å². The van der Waals surface area contributed by atoms with E-state index < -0.39 is 5.41 Å². The molecule has 1 unspecified atom stereocenters. The number of hydrogen-bond acceptors (Lipinski definition) is 4. The summed E-state index contributed by atoms with van der Waals surface area (Å²) in [5, 5.41) is 15.9. The van der Waals surface area contributed by atoms with Crippen molar-refractivity contribution in [1.82, 2.24) is 5.32 Å². The van der Waals surface area contributed by atoms with Crippen molar-refractivity contribution >= 4 is 11.6 Å². The summed E-state index contributed by atoms with van der Waals surface area (Å²) in [4.78, 5) is 12.5. The lowest BCUT2D eigenvalue weighted by Gasteiger charge is -2.26. The number of amides is 1. The largest absolute Gasteiger partial charge is 0.506 e. The number of phenols is 1. The van der Waals surface area contributed by atoms with Gasteiger partial charge in [-0.2, -0.15) is 0 Å². The smallest absolute Gasteiger partial charge is 0.234 e. The topological polar surface area (TPSA) is 70.6 Å². The van der Waals surface area contributed by atoms with Gasteiger partial charge in [0.15, 0.2) is 0 Å². The SMILES string of the molecule is CCc1ccc(O)c(NC(=O)C2(COC)CCNC2)c1. The average Bonchev–Trinajstić information content (AvgIpc) is 2.91. The first-order valence-corrected chi connectivity index (χ1v) is 6.94. The molecule has 0 radical (unpaired) electrons. The van der Waals surface area contributed by atoms with Gasteiger partial charge >= 0.3 is 0 Å². The third kappa shape index (κ3) is 2.94. The molecule has 5 heteroatoms. The highest BCUT2D eigenvalue weighted by Crippen LogP contribution is 2.31. The fourth-order valence-corrected chi connectivity index (χ4v) is 2.56. The molecular formula is C15H22N2O3. The number of carbonyl (C=O) groups is 1. The zero-order chi connectivity index (χ0) is 14.6. The van der Waals surface area contributed by atoms with Crippen LogP contribution >= 0.6 is 0 Å². The van der Waals surface area contributed by atoms with Crippen LogP contribution in [0.5, 0.6) is 5.75 Å². The highest BCUT2D eigenvalue weighted by Gasteiger charge is 2.41. The summed E-state index contributed by atoms with van der Waals surface area (Å²) in [7, 11) is 1.60. The molecule has 5 nitrogen and oxygen atoms in total. The minimum Gasteiger partial charge on any atom is -0.506 e. The third-order valence-electron chi connectivity index (χ3n) is 3.86. The molecule has 0 aromatic heterocycles. The van der Waals surface area contributed by atoms with Crippen LogP contribution in [0.2, 0.25) is 0 Å². The fourth-order valence-electron chi connectivity index (χ4n) is 2.56. The molecule has 1 fully saturated rings. The molecule has 1 atom stereocenters. The van der Waals surface area contributed by atoms with Crippen molar-refractivity contribution in [3.05, 3.63) is 23.8 Å². The molecule has 1 aliphatic heterocycles. The van der Waals surface area contributed by atoms with Gasteiger partial charge in [-0.3, -0.25) is 4.79 Å². The minimum atomic E-state index is -0.552. The first-order chi connectivity index (χ1) is 9.61. The van der Waals surface area contributed by atoms with Gasteiger partial charge in [0, 0.05) is 13.7 Å². The van der Waals surface area contributed by atoms with Crippen molar-refractivity contribution < 1.29 is 14.6 Å². The van der Waals surface area contributed by atoms with E-state index in [1.165, 1.54) is 0 Å². The number of carbonyl (C=O) groups excluding carboxylic acids is 1. The Kier molecular flexibility index (Phi) is 4.62. The van der Waals surface area contributed by atoms with Crippen LogP contribution in [-0.4, -0.2) is 37.8 Å². The number of aryl methyl sites for hydroxylation is 1.